The lowest BCUT2D eigenvalue weighted by molar-refractivity contribution is -0.0885. The van der Waals surface area contributed by atoms with Crippen molar-refractivity contribution in [3.05, 3.63) is 35.4 Å². The second-order valence-corrected chi connectivity index (χ2v) is 3.24. The van der Waals surface area contributed by atoms with E-state index in [-0.39, 0.29) is 11.6 Å². The van der Waals surface area contributed by atoms with E-state index in [4.69, 9.17) is 5.73 Å². The largest absolute Gasteiger partial charge is 0.454 e. The highest BCUT2D eigenvalue weighted by atomic mass is 19.4. The van der Waals surface area contributed by atoms with E-state index in [0.717, 1.165) is 12.1 Å². The molecule has 82 valence electrons. The van der Waals surface area contributed by atoms with Crippen LogP contribution >= 0.6 is 0 Å². The van der Waals surface area contributed by atoms with Crippen molar-refractivity contribution in [1.82, 2.24) is 0 Å². The molecule has 2 N–H and O–H groups in total. The average Bonchev–Trinajstić information content (AvgIpc) is 2.15. The van der Waals surface area contributed by atoms with Gasteiger partial charge in [0, 0.05) is 11.6 Å². The van der Waals surface area contributed by atoms with Crippen molar-refractivity contribution in [3.8, 4) is 0 Å². The van der Waals surface area contributed by atoms with Crippen LogP contribution in [-0.4, -0.2) is 12.0 Å². The van der Waals surface area contributed by atoms with Gasteiger partial charge in [-0.05, 0) is 12.5 Å². The molecule has 0 bridgehead atoms. The Balaban J connectivity index is 2.95. The number of halogens is 3. The summed E-state index contributed by atoms with van der Waals surface area (Å²) in [4.78, 5) is 10.8. The minimum atomic E-state index is -4.82. The predicted octanol–water partition coefficient (Wildman–Crippen LogP) is 2.45. The molecule has 0 radical (unpaired) electrons. The number of hydrogen-bond acceptors (Lipinski definition) is 2. The zero-order valence-electron chi connectivity index (χ0n) is 8.01. The van der Waals surface area contributed by atoms with Crippen molar-refractivity contribution in [3.63, 3.8) is 0 Å². The van der Waals surface area contributed by atoms with Crippen LogP contribution in [0.3, 0.4) is 0 Å². The molecule has 0 aliphatic heterocycles. The quantitative estimate of drug-likeness (QED) is 0.773. The van der Waals surface area contributed by atoms with Crippen molar-refractivity contribution in [2.24, 2.45) is 5.73 Å². The van der Waals surface area contributed by atoms with Gasteiger partial charge in [-0.1, -0.05) is 24.3 Å². The number of nitrogens with two attached hydrogens (primary N) is 1. The van der Waals surface area contributed by atoms with Crippen molar-refractivity contribution in [2.45, 2.75) is 19.1 Å². The molecule has 1 rings (SSSR count). The van der Waals surface area contributed by atoms with Crippen LogP contribution in [0.1, 0.15) is 28.9 Å². The van der Waals surface area contributed by atoms with Gasteiger partial charge in [0.1, 0.15) is 0 Å². The number of carbonyl (C=O) groups is 1. The summed E-state index contributed by atoms with van der Waals surface area (Å²) in [6, 6.07) is 4.84. The topological polar surface area (TPSA) is 43.1 Å². The van der Waals surface area contributed by atoms with Crippen LogP contribution < -0.4 is 5.73 Å². The lowest BCUT2D eigenvalue weighted by Crippen LogP contribution is -2.22. The third-order valence-electron chi connectivity index (χ3n) is 1.96. The highest BCUT2D eigenvalue weighted by Gasteiger charge is 2.39. The second-order valence-electron chi connectivity index (χ2n) is 3.24. The van der Waals surface area contributed by atoms with Crippen molar-refractivity contribution < 1.29 is 18.0 Å². The first-order chi connectivity index (χ1) is 6.82. The number of carbonyl (C=O) groups excluding carboxylic acids is 1. The van der Waals surface area contributed by atoms with Gasteiger partial charge in [0.05, 0.1) is 0 Å². The zero-order valence-corrected chi connectivity index (χ0v) is 8.01. The summed E-state index contributed by atoms with van der Waals surface area (Å²) in [6.45, 7) is 1.71. The number of alkyl halides is 3. The maximum Gasteiger partial charge on any atom is 0.454 e. The molecule has 15 heavy (non-hydrogen) atoms. The fourth-order valence-electron chi connectivity index (χ4n) is 1.10. The molecule has 5 heteroatoms. The van der Waals surface area contributed by atoms with E-state index >= 15 is 0 Å². The van der Waals surface area contributed by atoms with Crippen LogP contribution in [-0.2, 0) is 0 Å². The van der Waals surface area contributed by atoms with Gasteiger partial charge in [-0.3, -0.25) is 4.79 Å². The van der Waals surface area contributed by atoms with E-state index < -0.39 is 12.0 Å². The van der Waals surface area contributed by atoms with Crippen molar-refractivity contribution in [2.75, 3.05) is 0 Å². The minimum absolute atomic E-state index is 0.264. The van der Waals surface area contributed by atoms with Gasteiger partial charge in [-0.25, -0.2) is 0 Å². The Hall–Kier alpha value is -1.36. The molecular weight excluding hydrogens is 207 g/mol. The minimum Gasteiger partial charge on any atom is -0.324 e. The van der Waals surface area contributed by atoms with E-state index in [2.05, 4.69) is 0 Å². The third kappa shape index (κ3) is 2.79. The Morgan fingerprint density at radius 2 is 1.73 bits per heavy atom. The van der Waals surface area contributed by atoms with E-state index in [1.54, 1.807) is 6.92 Å². The molecule has 0 aliphatic rings. The number of benzene rings is 1. The van der Waals surface area contributed by atoms with Crippen LogP contribution in [0.15, 0.2) is 24.3 Å². The Morgan fingerprint density at radius 1 is 1.27 bits per heavy atom. The highest BCUT2D eigenvalue weighted by molar-refractivity contribution is 6.00. The SMILES string of the molecule is CC(N)c1ccc(C(=O)C(F)(F)F)cc1. The molecule has 2 nitrogen and oxygen atoms in total. The van der Waals surface area contributed by atoms with E-state index in [1.165, 1.54) is 12.1 Å². The Labute approximate surface area is 84.9 Å². The average molecular weight is 217 g/mol. The first-order valence-electron chi connectivity index (χ1n) is 4.29. The van der Waals surface area contributed by atoms with Gasteiger partial charge in [-0.15, -0.1) is 0 Å². The molecule has 0 aromatic heterocycles. The summed E-state index contributed by atoms with van der Waals surface area (Å²) in [6.07, 6.45) is -4.82. The number of hydrogen-bond donors (Lipinski definition) is 1. The summed E-state index contributed by atoms with van der Waals surface area (Å²) in [5.74, 6) is -1.83. The molecule has 0 saturated heterocycles. The molecule has 0 heterocycles. The molecule has 0 spiro atoms. The van der Waals surface area contributed by atoms with E-state index in [9.17, 15) is 18.0 Å². The predicted molar refractivity (Wildman–Crippen MR) is 49.4 cm³/mol. The molecule has 0 saturated carbocycles. The van der Waals surface area contributed by atoms with Gasteiger partial charge in [-0.2, -0.15) is 13.2 Å². The van der Waals surface area contributed by atoms with Gasteiger partial charge < -0.3 is 5.73 Å². The molecule has 0 amide bonds. The molecule has 1 aromatic carbocycles. The van der Waals surface area contributed by atoms with E-state index in [1.807, 2.05) is 0 Å². The first kappa shape index (κ1) is 11.7. The molecular formula is C10H10F3NO. The smallest absolute Gasteiger partial charge is 0.324 e. The van der Waals surface area contributed by atoms with Crippen LogP contribution in [0.2, 0.25) is 0 Å². The highest BCUT2D eigenvalue weighted by Crippen LogP contribution is 2.22. The van der Waals surface area contributed by atoms with Crippen LogP contribution in [0, 0.1) is 0 Å². The summed E-state index contributed by atoms with van der Waals surface area (Å²) >= 11 is 0. The summed E-state index contributed by atoms with van der Waals surface area (Å²) < 4.78 is 36.1. The molecule has 1 unspecified atom stereocenters. The van der Waals surface area contributed by atoms with Gasteiger partial charge in [0.2, 0.25) is 0 Å². The lowest BCUT2D eigenvalue weighted by Gasteiger charge is -2.08. The Kier molecular flexibility index (Phi) is 3.14. The molecule has 1 atom stereocenters. The fourth-order valence-corrected chi connectivity index (χ4v) is 1.10. The maximum absolute atomic E-state index is 12.0. The molecule has 0 fully saturated rings. The van der Waals surface area contributed by atoms with E-state index in [0.29, 0.717) is 5.56 Å². The molecule has 0 aliphatic carbocycles. The summed E-state index contributed by atoms with van der Waals surface area (Å²) in [5.41, 5.74) is 5.84. The van der Waals surface area contributed by atoms with Gasteiger partial charge in [0.15, 0.2) is 0 Å². The van der Waals surface area contributed by atoms with Crippen LogP contribution in [0.25, 0.3) is 0 Å². The lowest BCUT2D eigenvalue weighted by atomic mass is 10.0. The maximum atomic E-state index is 12.0. The van der Waals surface area contributed by atoms with Gasteiger partial charge in [0.25, 0.3) is 5.78 Å². The first-order valence-corrected chi connectivity index (χ1v) is 4.29. The van der Waals surface area contributed by atoms with Crippen LogP contribution in [0.5, 0.6) is 0 Å². The molecule has 1 aromatic rings. The van der Waals surface area contributed by atoms with Crippen molar-refractivity contribution >= 4 is 5.78 Å². The number of rotatable bonds is 2. The number of Topliss-reactive ketones (excluding diaryl/α,β-unsaturated/α-hetero) is 1. The monoisotopic (exact) mass is 217 g/mol. The fraction of sp³-hybridized carbons (Fsp3) is 0.300. The summed E-state index contributed by atoms with van der Waals surface area (Å²) in [5, 5.41) is 0. The Morgan fingerprint density at radius 3 is 2.07 bits per heavy atom. The van der Waals surface area contributed by atoms with Gasteiger partial charge >= 0.3 is 6.18 Å². The Bertz CT molecular complexity index is 354. The summed E-state index contributed by atoms with van der Waals surface area (Å²) in [7, 11) is 0. The number of ketones is 1. The second kappa shape index (κ2) is 4.02. The zero-order chi connectivity index (χ0) is 11.6. The van der Waals surface area contributed by atoms with Crippen molar-refractivity contribution in [1.29, 1.82) is 0 Å². The standard InChI is InChI=1S/C10H10F3NO/c1-6(14)7-2-4-8(5-3-7)9(15)10(11,12)13/h2-6H,14H2,1H3. The third-order valence-corrected chi connectivity index (χ3v) is 1.96. The van der Waals surface area contributed by atoms with Crippen LogP contribution in [0.4, 0.5) is 13.2 Å². The normalized spacial score (nSPS) is 13.7.